The van der Waals surface area contributed by atoms with Crippen LogP contribution in [0.15, 0.2) is 36.4 Å². The fourth-order valence-electron chi connectivity index (χ4n) is 2.97. The molecular weight excluding hydrogens is 316 g/mol. The van der Waals surface area contributed by atoms with E-state index in [0.29, 0.717) is 0 Å². The van der Waals surface area contributed by atoms with E-state index in [4.69, 9.17) is 4.74 Å². The molecule has 0 radical (unpaired) electrons. The summed E-state index contributed by atoms with van der Waals surface area (Å²) in [5, 5.41) is 10.5. The number of H-pyrrole nitrogens is 1. The van der Waals surface area contributed by atoms with Gasteiger partial charge in [0.25, 0.3) is 0 Å². The average Bonchev–Trinajstić information content (AvgIpc) is 3.04. The number of nitrogens with one attached hydrogen (secondary N) is 2. The van der Waals surface area contributed by atoms with E-state index in [-0.39, 0.29) is 12.1 Å². The van der Waals surface area contributed by atoms with E-state index in [1.807, 2.05) is 39.0 Å². The Balaban J connectivity index is 1.53. The topological polar surface area (TPSA) is 70.2 Å². The van der Waals surface area contributed by atoms with E-state index in [9.17, 15) is 4.79 Å². The maximum atomic E-state index is 11.9. The van der Waals surface area contributed by atoms with Gasteiger partial charge in [-0.15, -0.1) is 0 Å². The maximum absolute atomic E-state index is 11.9. The molecule has 2 N–H and O–H groups in total. The van der Waals surface area contributed by atoms with Gasteiger partial charge < -0.3 is 15.0 Å². The minimum Gasteiger partial charge on any atom is -0.444 e. The molecule has 2 aromatic rings. The molecule has 0 saturated carbocycles. The van der Waals surface area contributed by atoms with Gasteiger partial charge in [-0.2, -0.15) is 5.10 Å². The van der Waals surface area contributed by atoms with E-state index >= 15 is 0 Å². The Bertz CT molecular complexity index is 698. The largest absolute Gasteiger partial charge is 0.444 e. The number of piperidine rings is 1. The quantitative estimate of drug-likeness (QED) is 0.894. The summed E-state index contributed by atoms with van der Waals surface area (Å²) < 4.78 is 5.32. The van der Waals surface area contributed by atoms with Gasteiger partial charge in [0.05, 0.1) is 5.69 Å². The highest BCUT2D eigenvalue weighted by Crippen LogP contribution is 2.24. The predicted molar refractivity (Wildman–Crippen MR) is 98.6 cm³/mol. The van der Waals surface area contributed by atoms with Crippen LogP contribution < -0.4 is 10.2 Å². The second kappa shape index (κ2) is 7.17. The summed E-state index contributed by atoms with van der Waals surface area (Å²) in [6.45, 7) is 7.34. The Morgan fingerprint density at radius 1 is 1.24 bits per heavy atom. The number of hydrogen-bond donors (Lipinski definition) is 2. The molecule has 0 atom stereocenters. The number of anilines is 1. The van der Waals surface area contributed by atoms with Crippen LogP contribution in [-0.2, 0) is 4.74 Å². The first-order valence-electron chi connectivity index (χ1n) is 8.76. The zero-order valence-electron chi connectivity index (χ0n) is 15.1. The number of hydrogen-bond acceptors (Lipinski definition) is 4. The number of aromatic nitrogens is 2. The Hall–Kier alpha value is -2.50. The van der Waals surface area contributed by atoms with Gasteiger partial charge >= 0.3 is 6.09 Å². The van der Waals surface area contributed by atoms with Crippen molar-refractivity contribution in [3.8, 4) is 11.3 Å². The highest BCUT2D eigenvalue weighted by atomic mass is 16.6. The predicted octanol–water partition coefficient (Wildman–Crippen LogP) is 3.57. The lowest BCUT2D eigenvalue weighted by molar-refractivity contribution is 0.0497. The Labute approximate surface area is 148 Å². The zero-order chi connectivity index (χ0) is 17.9. The monoisotopic (exact) mass is 342 g/mol. The van der Waals surface area contributed by atoms with Crippen molar-refractivity contribution in [3.05, 3.63) is 36.4 Å². The molecule has 1 aromatic heterocycles. The summed E-state index contributed by atoms with van der Waals surface area (Å²) in [5.74, 6) is 0.953. The summed E-state index contributed by atoms with van der Waals surface area (Å²) in [6, 6.07) is 12.4. The average molecular weight is 342 g/mol. The molecule has 1 fully saturated rings. The molecule has 3 rings (SSSR count). The number of nitrogens with zero attached hydrogens (tertiary/aromatic N) is 2. The molecule has 1 amide bonds. The van der Waals surface area contributed by atoms with Crippen LogP contribution in [0, 0.1) is 0 Å². The lowest BCUT2D eigenvalue weighted by atomic mass is 10.1. The number of aromatic amines is 1. The van der Waals surface area contributed by atoms with Crippen molar-refractivity contribution in [2.75, 3.05) is 18.0 Å². The summed E-state index contributed by atoms with van der Waals surface area (Å²) >= 11 is 0. The lowest BCUT2D eigenvalue weighted by Crippen LogP contribution is -2.46. The van der Waals surface area contributed by atoms with Crippen molar-refractivity contribution in [1.29, 1.82) is 0 Å². The third-order valence-electron chi connectivity index (χ3n) is 4.19. The SMILES string of the molecule is CC(C)(C)OC(=O)NC1CCN(c2cc(-c3ccccc3)[nH]n2)CC1. The van der Waals surface area contributed by atoms with Gasteiger partial charge in [-0.05, 0) is 39.2 Å². The van der Waals surface area contributed by atoms with Crippen molar-refractivity contribution in [1.82, 2.24) is 15.5 Å². The van der Waals surface area contributed by atoms with Crippen molar-refractivity contribution < 1.29 is 9.53 Å². The van der Waals surface area contributed by atoms with E-state index in [1.54, 1.807) is 0 Å². The molecule has 0 unspecified atom stereocenters. The smallest absolute Gasteiger partial charge is 0.407 e. The lowest BCUT2D eigenvalue weighted by Gasteiger charge is -2.32. The number of carbonyl (C=O) groups excluding carboxylic acids is 1. The molecule has 0 spiro atoms. The molecular formula is C19H26N4O2. The van der Waals surface area contributed by atoms with Crippen molar-refractivity contribution in [3.63, 3.8) is 0 Å². The first-order chi connectivity index (χ1) is 11.9. The number of ether oxygens (including phenoxy) is 1. The van der Waals surface area contributed by atoms with Gasteiger partial charge in [-0.1, -0.05) is 30.3 Å². The number of benzene rings is 1. The molecule has 25 heavy (non-hydrogen) atoms. The van der Waals surface area contributed by atoms with Crippen LogP contribution in [0.4, 0.5) is 10.6 Å². The third kappa shape index (κ3) is 4.75. The molecule has 1 saturated heterocycles. The Morgan fingerprint density at radius 3 is 2.56 bits per heavy atom. The number of alkyl carbamates (subject to hydrolysis) is 1. The molecule has 6 nitrogen and oxygen atoms in total. The number of carbonyl (C=O) groups is 1. The summed E-state index contributed by atoms with van der Waals surface area (Å²) in [6.07, 6.45) is 1.43. The van der Waals surface area contributed by atoms with E-state index in [1.165, 1.54) is 0 Å². The second-order valence-electron chi connectivity index (χ2n) is 7.41. The van der Waals surface area contributed by atoms with E-state index in [0.717, 1.165) is 43.0 Å². The molecule has 6 heteroatoms. The molecule has 0 aliphatic carbocycles. The van der Waals surface area contributed by atoms with Gasteiger partial charge in [0.1, 0.15) is 5.60 Å². The molecule has 2 heterocycles. The van der Waals surface area contributed by atoms with Crippen LogP contribution in [0.1, 0.15) is 33.6 Å². The molecule has 1 aromatic carbocycles. The minimum atomic E-state index is -0.465. The molecule has 1 aliphatic rings. The van der Waals surface area contributed by atoms with Crippen LogP contribution in [0.5, 0.6) is 0 Å². The molecule has 0 bridgehead atoms. The van der Waals surface area contributed by atoms with E-state index < -0.39 is 5.60 Å². The second-order valence-corrected chi connectivity index (χ2v) is 7.41. The van der Waals surface area contributed by atoms with Gasteiger partial charge in [0.2, 0.25) is 0 Å². The van der Waals surface area contributed by atoms with Gasteiger partial charge in [0, 0.05) is 25.2 Å². The molecule has 1 aliphatic heterocycles. The summed E-state index contributed by atoms with van der Waals surface area (Å²) in [4.78, 5) is 14.1. The maximum Gasteiger partial charge on any atom is 0.407 e. The fraction of sp³-hybridized carbons (Fsp3) is 0.474. The van der Waals surface area contributed by atoms with Crippen LogP contribution in [0.25, 0.3) is 11.3 Å². The normalized spacial score (nSPS) is 15.9. The Kier molecular flexibility index (Phi) is 4.97. The van der Waals surface area contributed by atoms with Crippen molar-refractivity contribution in [2.45, 2.75) is 45.3 Å². The van der Waals surface area contributed by atoms with Crippen LogP contribution >= 0.6 is 0 Å². The highest BCUT2D eigenvalue weighted by Gasteiger charge is 2.24. The van der Waals surface area contributed by atoms with Crippen molar-refractivity contribution in [2.24, 2.45) is 0 Å². The zero-order valence-corrected chi connectivity index (χ0v) is 15.1. The Morgan fingerprint density at radius 2 is 1.92 bits per heavy atom. The van der Waals surface area contributed by atoms with E-state index in [2.05, 4.69) is 38.6 Å². The van der Waals surface area contributed by atoms with Crippen LogP contribution in [-0.4, -0.2) is 41.0 Å². The van der Waals surface area contributed by atoms with Crippen LogP contribution in [0.3, 0.4) is 0 Å². The van der Waals surface area contributed by atoms with Gasteiger partial charge in [0.15, 0.2) is 5.82 Å². The first kappa shape index (κ1) is 17.3. The fourth-order valence-corrected chi connectivity index (χ4v) is 2.97. The van der Waals surface area contributed by atoms with Crippen molar-refractivity contribution >= 4 is 11.9 Å². The number of rotatable bonds is 3. The summed E-state index contributed by atoms with van der Waals surface area (Å²) in [5.41, 5.74) is 1.68. The van der Waals surface area contributed by atoms with Gasteiger partial charge in [-0.3, -0.25) is 5.10 Å². The first-order valence-corrected chi connectivity index (χ1v) is 8.76. The number of amides is 1. The molecule has 134 valence electrons. The van der Waals surface area contributed by atoms with Crippen LogP contribution in [0.2, 0.25) is 0 Å². The van der Waals surface area contributed by atoms with Gasteiger partial charge in [-0.25, -0.2) is 4.79 Å². The summed E-state index contributed by atoms with van der Waals surface area (Å²) in [7, 11) is 0. The highest BCUT2D eigenvalue weighted by molar-refractivity contribution is 5.68. The standard InChI is InChI=1S/C19H26N4O2/c1-19(2,3)25-18(24)20-15-9-11-23(12-10-15)17-13-16(21-22-17)14-7-5-4-6-8-14/h4-8,13,15H,9-12H2,1-3H3,(H,20,24)(H,21,22). The third-order valence-corrected chi connectivity index (χ3v) is 4.19. The minimum absolute atomic E-state index is 0.152.